The van der Waals surface area contributed by atoms with Crippen LogP contribution < -0.4 is 15.8 Å². The van der Waals surface area contributed by atoms with E-state index in [9.17, 15) is 19.7 Å². The maximum absolute atomic E-state index is 11.7. The first-order valence-corrected chi connectivity index (χ1v) is 6.38. The van der Waals surface area contributed by atoms with E-state index in [4.69, 9.17) is 10.5 Å². The number of amides is 2. The third kappa shape index (κ3) is 4.49. The number of pyridine rings is 1. The molecule has 23 heavy (non-hydrogen) atoms. The van der Waals surface area contributed by atoms with Crippen molar-refractivity contribution in [2.45, 2.75) is 0 Å². The van der Waals surface area contributed by atoms with E-state index in [2.05, 4.69) is 10.3 Å². The van der Waals surface area contributed by atoms with Gasteiger partial charge >= 0.3 is 0 Å². The Bertz CT molecular complexity index is 745. The van der Waals surface area contributed by atoms with Crippen LogP contribution in [0.2, 0.25) is 0 Å². The molecule has 9 nitrogen and oxygen atoms in total. The van der Waals surface area contributed by atoms with Crippen molar-refractivity contribution in [2.24, 2.45) is 5.73 Å². The molecule has 0 aliphatic carbocycles. The van der Waals surface area contributed by atoms with Gasteiger partial charge in [0.15, 0.2) is 6.61 Å². The summed E-state index contributed by atoms with van der Waals surface area (Å²) in [4.78, 5) is 36.6. The third-order valence-electron chi connectivity index (χ3n) is 2.73. The summed E-state index contributed by atoms with van der Waals surface area (Å²) in [6.07, 6.45) is 1.34. The van der Waals surface area contributed by atoms with Gasteiger partial charge in [-0.25, -0.2) is 4.98 Å². The Labute approximate surface area is 130 Å². The van der Waals surface area contributed by atoms with Gasteiger partial charge in [0.2, 0.25) is 5.91 Å². The van der Waals surface area contributed by atoms with Crippen molar-refractivity contribution in [3.63, 3.8) is 0 Å². The SMILES string of the molecule is NC(=O)c1ccnc(NC(=O)COc2ccc([N+](=O)[O-])cc2)c1. The van der Waals surface area contributed by atoms with Crippen molar-refractivity contribution in [2.75, 3.05) is 11.9 Å². The molecule has 0 aliphatic rings. The maximum atomic E-state index is 11.7. The van der Waals surface area contributed by atoms with Crippen LogP contribution in [0.5, 0.6) is 5.75 Å². The van der Waals surface area contributed by atoms with E-state index in [-0.39, 0.29) is 23.7 Å². The molecule has 2 amide bonds. The van der Waals surface area contributed by atoms with Gasteiger partial charge in [0.1, 0.15) is 11.6 Å². The van der Waals surface area contributed by atoms with Gasteiger partial charge in [-0.1, -0.05) is 0 Å². The lowest BCUT2D eigenvalue weighted by molar-refractivity contribution is -0.384. The Hall–Kier alpha value is -3.49. The van der Waals surface area contributed by atoms with Crippen LogP contribution in [0.3, 0.4) is 0 Å². The predicted molar refractivity (Wildman–Crippen MR) is 80.0 cm³/mol. The van der Waals surface area contributed by atoms with E-state index in [0.717, 1.165) is 0 Å². The zero-order chi connectivity index (χ0) is 16.8. The van der Waals surface area contributed by atoms with E-state index in [0.29, 0.717) is 5.75 Å². The summed E-state index contributed by atoms with van der Waals surface area (Å²) in [5, 5.41) is 13.0. The molecule has 0 atom stereocenters. The number of rotatable bonds is 6. The summed E-state index contributed by atoms with van der Waals surface area (Å²) in [5.41, 5.74) is 5.27. The van der Waals surface area contributed by atoms with Crippen LogP contribution in [-0.4, -0.2) is 28.3 Å². The van der Waals surface area contributed by atoms with Gasteiger partial charge in [-0.3, -0.25) is 19.7 Å². The van der Waals surface area contributed by atoms with E-state index in [1.165, 1.54) is 42.6 Å². The number of benzene rings is 1. The molecule has 0 unspecified atom stereocenters. The third-order valence-corrected chi connectivity index (χ3v) is 2.73. The zero-order valence-corrected chi connectivity index (χ0v) is 11.8. The van der Waals surface area contributed by atoms with E-state index < -0.39 is 16.7 Å². The quantitative estimate of drug-likeness (QED) is 0.604. The highest BCUT2D eigenvalue weighted by atomic mass is 16.6. The molecule has 0 saturated heterocycles. The van der Waals surface area contributed by atoms with Crippen molar-refractivity contribution < 1.29 is 19.2 Å². The number of ether oxygens (including phenoxy) is 1. The molecule has 0 bridgehead atoms. The normalized spacial score (nSPS) is 9.91. The van der Waals surface area contributed by atoms with Gasteiger partial charge in [0, 0.05) is 23.9 Å². The largest absolute Gasteiger partial charge is 0.484 e. The summed E-state index contributed by atoms with van der Waals surface area (Å²) >= 11 is 0. The number of carbonyl (C=O) groups excluding carboxylic acids is 2. The highest BCUT2D eigenvalue weighted by Gasteiger charge is 2.08. The number of anilines is 1. The molecule has 3 N–H and O–H groups in total. The average Bonchev–Trinajstić information content (AvgIpc) is 2.53. The second kappa shape index (κ2) is 6.98. The maximum Gasteiger partial charge on any atom is 0.269 e. The number of nitrogens with zero attached hydrogens (tertiary/aromatic N) is 2. The standard InChI is InChI=1S/C14H12N4O5/c15-14(20)9-5-6-16-12(7-9)17-13(19)8-23-11-3-1-10(2-4-11)18(21)22/h1-7H,8H2,(H2,15,20)(H,16,17,19). The fourth-order valence-corrected chi connectivity index (χ4v) is 1.64. The number of nitrogens with two attached hydrogens (primary N) is 1. The fraction of sp³-hybridized carbons (Fsp3) is 0.0714. The Morgan fingerprint density at radius 3 is 2.57 bits per heavy atom. The number of nitro benzene ring substituents is 1. The average molecular weight is 316 g/mol. The monoisotopic (exact) mass is 316 g/mol. The van der Waals surface area contributed by atoms with Crippen molar-refractivity contribution in [1.82, 2.24) is 4.98 Å². The minimum atomic E-state index is -0.634. The summed E-state index contributed by atoms with van der Waals surface area (Å²) < 4.78 is 5.20. The number of hydrogen-bond donors (Lipinski definition) is 2. The molecule has 2 aromatic rings. The van der Waals surface area contributed by atoms with Crippen molar-refractivity contribution in [3.8, 4) is 5.75 Å². The lowest BCUT2D eigenvalue weighted by Crippen LogP contribution is -2.21. The Balaban J connectivity index is 1.91. The van der Waals surface area contributed by atoms with Gasteiger partial charge in [-0.2, -0.15) is 0 Å². The van der Waals surface area contributed by atoms with E-state index in [1.807, 2.05) is 0 Å². The van der Waals surface area contributed by atoms with Gasteiger partial charge in [-0.05, 0) is 24.3 Å². The molecule has 0 aliphatic heterocycles. The van der Waals surface area contributed by atoms with Gasteiger partial charge in [0.05, 0.1) is 4.92 Å². The first-order valence-electron chi connectivity index (χ1n) is 6.38. The van der Waals surface area contributed by atoms with Crippen LogP contribution in [0.4, 0.5) is 11.5 Å². The molecule has 0 saturated carbocycles. The van der Waals surface area contributed by atoms with Gasteiger partial charge < -0.3 is 15.8 Å². The predicted octanol–water partition coefficient (Wildman–Crippen LogP) is 1.11. The molecule has 1 heterocycles. The zero-order valence-electron chi connectivity index (χ0n) is 11.8. The van der Waals surface area contributed by atoms with Crippen LogP contribution in [0.25, 0.3) is 0 Å². The molecule has 0 radical (unpaired) electrons. The lowest BCUT2D eigenvalue weighted by Gasteiger charge is -2.07. The van der Waals surface area contributed by atoms with Crippen LogP contribution in [0.15, 0.2) is 42.6 Å². The van der Waals surface area contributed by atoms with Crippen LogP contribution in [-0.2, 0) is 4.79 Å². The smallest absolute Gasteiger partial charge is 0.269 e. The topological polar surface area (TPSA) is 137 Å². The van der Waals surface area contributed by atoms with E-state index in [1.54, 1.807) is 0 Å². The first kappa shape index (κ1) is 15.9. The van der Waals surface area contributed by atoms with Crippen molar-refractivity contribution >= 4 is 23.3 Å². The highest BCUT2D eigenvalue weighted by Crippen LogP contribution is 2.17. The van der Waals surface area contributed by atoms with Gasteiger partial charge in [0.25, 0.3) is 11.6 Å². The minimum Gasteiger partial charge on any atom is -0.484 e. The molecule has 0 fully saturated rings. The van der Waals surface area contributed by atoms with Crippen LogP contribution in [0, 0.1) is 10.1 Å². The van der Waals surface area contributed by atoms with Gasteiger partial charge in [-0.15, -0.1) is 0 Å². The summed E-state index contributed by atoms with van der Waals surface area (Å²) in [7, 11) is 0. The number of nitrogens with one attached hydrogen (secondary N) is 1. The lowest BCUT2D eigenvalue weighted by atomic mass is 10.2. The van der Waals surface area contributed by atoms with Crippen LogP contribution in [0.1, 0.15) is 10.4 Å². The molecule has 118 valence electrons. The highest BCUT2D eigenvalue weighted by molar-refractivity contribution is 5.95. The summed E-state index contributed by atoms with van der Waals surface area (Å²) in [5.74, 6) is -0.661. The molecule has 2 rings (SSSR count). The molecular formula is C14H12N4O5. The molecule has 0 spiro atoms. The number of carbonyl (C=O) groups is 2. The number of nitro groups is 1. The van der Waals surface area contributed by atoms with E-state index >= 15 is 0 Å². The second-order valence-electron chi connectivity index (χ2n) is 4.38. The molecule has 9 heteroatoms. The number of aromatic nitrogens is 1. The fourth-order valence-electron chi connectivity index (χ4n) is 1.64. The number of non-ortho nitro benzene ring substituents is 1. The molecular weight excluding hydrogens is 304 g/mol. The Morgan fingerprint density at radius 1 is 1.26 bits per heavy atom. The number of hydrogen-bond acceptors (Lipinski definition) is 6. The summed E-state index contributed by atoms with van der Waals surface area (Å²) in [6.45, 7) is -0.319. The molecule has 1 aromatic heterocycles. The molecule has 1 aromatic carbocycles. The first-order chi connectivity index (χ1) is 11.0. The van der Waals surface area contributed by atoms with Crippen LogP contribution >= 0.6 is 0 Å². The minimum absolute atomic E-state index is 0.0748. The van der Waals surface area contributed by atoms with Crippen molar-refractivity contribution in [1.29, 1.82) is 0 Å². The van der Waals surface area contributed by atoms with Crippen molar-refractivity contribution in [3.05, 3.63) is 58.3 Å². The second-order valence-corrected chi connectivity index (χ2v) is 4.38. The Morgan fingerprint density at radius 2 is 1.96 bits per heavy atom. The summed E-state index contributed by atoms with van der Waals surface area (Å²) in [6, 6.07) is 8.07. The Kier molecular flexibility index (Phi) is 4.82. The number of primary amides is 1.